The van der Waals surface area contributed by atoms with Gasteiger partial charge in [-0.25, -0.2) is 9.97 Å². The monoisotopic (exact) mass is 364 g/mol. The van der Waals surface area contributed by atoms with Crippen molar-refractivity contribution in [3.05, 3.63) is 48.0 Å². The van der Waals surface area contributed by atoms with Crippen LogP contribution in [-0.4, -0.2) is 29.2 Å². The summed E-state index contributed by atoms with van der Waals surface area (Å²) in [6, 6.07) is 6.47. The van der Waals surface area contributed by atoms with Gasteiger partial charge in [-0.15, -0.1) is 0 Å². The van der Waals surface area contributed by atoms with Crippen LogP contribution in [0.5, 0.6) is 11.5 Å². The van der Waals surface area contributed by atoms with Crippen molar-refractivity contribution in [2.24, 2.45) is 0 Å². The largest absolute Gasteiger partial charge is 0.493 e. The molecule has 0 atom stereocenters. The van der Waals surface area contributed by atoms with E-state index in [-0.39, 0.29) is 23.6 Å². The Labute approximate surface area is 147 Å². The molecule has 3 aromatic rings. The van der Waals surface area contributed by atoms with Gasteiger partial charge in [0.2, 0.25) is 5.82 Å². The standard InChI is InChI=1S/C17H15F3N4O2/c1-25-13-6-11-12(7-14(13)26-2)23-16(17(18,19)20)24-15(11)22-9-10-4-3-5-21-8-10/h3-8H,9H2,1-2H3,(H,22,23,24). The minimum atomic E-state index is -4.67. The van der Waals surface area contributed by atoms with Gasteiger partial charge in [0.1, 0.15) is 5.82 Å². The normalized spacial score (nSPS) is 11.4. The van der Waals surface area contributed by atoms with Crippen molar-refractivity contribution < 1.29 is 22.6 Å². The Balaban J connectivity index is 2.11. The molecule has 1 aromatic carbocycles. The summed E-state index contributed by atoms with van der Waals surface area (Å²) < 4.78 is 49.9. The van der Waals surface area contributed by atoms with Gasteiger partial charge < -0.3 is 14.8 Å². The highest BCUT2D eigenvalue weighted by Gasteiger charge is 2.35. The topological polar surface area (TPSA) is 69.2 Å². The third-order valence-electron chi connectivity index (χ3n) is 3.64. The summed E-state index contributed by atoms with van der Waals surface area (Å²) in [7, 11) is 2.84. The van der Waals surface area contributed by atoms with E-state index >= 15 is 0 Å². The van der Waals surface area contributed by atoms with Crippen molar-refractivity contribution in [1.29, 1.82) is 0 Å². The van der Waals surface area contributed by atoms with Crippen LogP contribution in [-0.2, 0) is 12.7 Å². The molecule has 9 heteroatoms. The minimum Gasteiger partial charge on any atom is -0.493 e. The zero-order valence-electron chi connectivity index (χ0n) is 14.0. The fourth-order valence-electron chi connectivity index (χ4n) is 2.41. The van der Waals surface area contributed by atoms with Crippen LogP contribution in [0.2, 0.25) is 0 Å². The molecule has 1 N–H and O–H groups in total. The molecule has 0 unspecified atom stereocenters. The van der Waals surface area contributed by atoms with Crippen LogP contribution in [0.4, 0.5) is 19.0 Å². The van der Waals surface area contributed by atoms with E-state index in [4.69, 9.17) is 9.47 Å². The smallest absolute Gasteiger partial charge is 0.451 e. The molecule has 6 nitrogen and oxygen atoms in total. The predicted molar refractivity (Wildman–Crippen MR) is 89.2 cm³/mol. The van der Waals surface area contributed by atoms with E-state index in [1.807, 2.05) is 0 Å². The van der Waals surface area contributed by atoms with Gasteiger partial charge in [0.25, 0.3) is 0 Å². The Morgan fingerprint density at radius 3 is 2.42 bits per heavy atom. The lowest BCUT2D eigenvalue weighted by Crippen LogP contribution is -2.14. The summed E-state index contributed by atoms with van der Waals surface area (Å²) in [5.74, 6) is -0.532. The Kier molecular flexibility index (Phi) is 4.79. The first-order valence-electron chi connectivity index (χ1n) is 7.56. The van der Waals surface area contributed by atoms with E-state index in [1.54, 1.807) is 30.6 Å². The summed E-state index contributed by atoms with van der Waals surface area (Å²) in [4.78, 5) is 11.3. The maximum absolute atomic E-state index is 13.2. The Hall–Kier alpha value is -3.10. The van der Waals surface area contributed by atoms with Crippen LogP contribution in [0.3, 0.4) is 0 Å². The third-order valence-corrected chi connectivity index (χ3v) is 3.64. The Morgan fingerprint density at radius 1 is 1.08 bits per heavy atom. The van der Waals surface area contributed by atoms with Crippen molar-refractivity contribution in [3.63, 3.8) is 0 Å². The minimum absolute atomic E-state index is 0.0483. The molecule has 0 aliphatic heterocycles. The van der Waals surface area contributed by atoms with E-state index in [2.05, 4.69) is 20.3 Å². The summed E-state index contributed by atoms with van der Waals surface area (Å²) in [6.07, 6.45) is -1.45. The zero-order chi connectivity index (χ0) is 18.7. The number of nitrogens with one attached hydrogen (secondary N) is 1. The van der Waals surface area contributed by atoms with Gasteiger partial charge in [-0.05, 0) is 17.7 Å². The SMILES string of the molecule is COc1cc2nc(C(F)(F)F)nc(NCc3cccnc3)c2cc1OC. The quantitative estimate of drug-likeness (QED) is 0.745. The Bertz CT molecular complexity index is 917. The molecule has 136 valence electrons. The van der Waals surface area contributed by atoms with E-state index in [9.17, 15) is 13.2 Å². The average molecular weight is 364 g/mol. The molecule has 0 bridgehead atoms. The van der Waals surface area contributed by atoms with Gasteiger partial charge in [-0.1, -0.05) is 6.07 Å². The molecule has 0 amide bonds. The van der Waals surface area contributed by atoms with Gasteiger partial charge in [-0.2, -0.15) is 13.2 Å². The fourth-order valence-corrected chi connectivity index (χ4v) is 2.41. The highest BCUT2D eigenvalue weighted by atomic mass is 19.4. The third kappa shape index (κ3) is 3.61. The fraction of sp³-hybridized carbons (Fsp3) is 0.235. The number of hydrogen-bond acceptors (Lipinski definition) is 6. The number of aromatic nitrogens is 3. The summed E-state index contributed by atoms with van der Waals surface area (Å²) in [6.45, 7) is 0.256. The number of nitrogens with zero attached hydrogens (tertiary/aromatic N) is 3. The molecule has 0 aliphatic rings. The first kappa shape index (κ1) is 17.7. The summed E-state index contributed by atoms with van der Waals surface area (Å²) >= 11 is 0. The number of anilines is 1. The number of fused-ring (bicyclic) bond motifs is 1. The lowest BCUT2D eigenvalue weighted by Gasteiger charge is -2.14. The lowest BCUT2D eigenvalue weighted by atomic mass is 10.2. The van der Waals surface area contributed by atoms with Crippen LogP contribution < -0.4 is 14.8 Å². The molecule has 3 rings (SSSR count). The first-order valence-corrected chi connectivity index (χ1v) is 7.56. The maximum Gasteiger partial charge on any atom is 0.451 e. The van der Waals surface area contributed by atoms with Gasteiger partial charge in [0, 0.05) is 30.4 Å². The van der Waals surface area contributed by atoms with Gasteiger partial charge in [0.15, 0.2) is 11.5 Å². The van der Waals surface area contributed by atoms with E-state index < -0.39 is 12.0 Å². The zero-order valence-corrected chi connectivity index (χ0v) is 14.0. The second kappa shape index (κ2) is 7.03. The van der Waals surface area contributed by atoms with Crippen LogP contribution in [0.15, 0.2) is 36.7 Å². The molecule has 0 saturated heterocycles. The highest BCUT2D eigenvalue weighted by Crippen LogP contribution is 2.36. The lowest BCUT2D eigenvalue weighted by molar-refractivity contribution is -0.144. The Morgan fingerprint density at radius 2 is 1.81 bits per heavy atom. The maximum atomic E-state index is 13.2. The molecule has 0 spiro atoms. The number of ether oxygens (including phenoxy) is 2. The molecule has 0 fully saturated rings. The van der Waals surface area contributed by atoms with Crippen molar-refractivity contribution >= 4 is 16.7 Å². The molecule has 2 aromatic heterocycles. The average Bonchev–Trinajstić information content (AvgIpc) is 2.64. The predicted octanol–water partition coefficient (Wildman–Crippen LogP) is 3.67. The van der Waals surface area contributed by atoms with Crippen LogP contribution >= 0.6 is 0 Å². The number of halogens is 3. The van der Waals surface area contributed by atoms with Crippen molar-refractivity contribution in [2.75, 3.05) is 19.5 Å². The second-order valence-corrected chi connectivity index (χ2v) is 5.33. The molecule has 26 heavy (non-hydrogen) atoms. The molecular formula is C17H15F3N4O2. The van der Waals surface area contributed by atoms with Crippen molar-refractivity contribution in [3.8, 4) is 11.5 Å². The van der Waals surface area contributed by atoms with E-state index in [0.717, 1.165) is 5.56 Å². The van der Waals surface area contributed by atoms with E-state index in [0.29, 0.717) is 11.1 Å². The van der Waals surface area contributed by atoms with Crippen molar-refractivity contribution in [2.45, 2.75) is 12.7 Å². The van der Waals surface area contributed by atoms with Gasteiger partial charge >= 0.3 is 6.18 Å². The second-order valence-electron chi connectivity index (χ2n) is 5.33. The number of benzene rings is 1. The number of pyridine rings is 1. The number of alkyl halides is 3. The summed E-state index contributed by atoms with van der Waals surface area (Å²) in [5.41, 5.74) is 0.895. The molecule has 2 heterocycles. The number of hydrogen-bond donors (Lipinski definition) is 1. The van der Waals surface area contributed by atoms with E-state index in [1.165, 1.54) is 20.3 Å². The number of rotatable bonds is 5. The molecule has 0 saturated carbocycles. The number of methoxy groups -OCH3 is 2. The first-order chi connectivity index (χ1) is 12.4. The van der Waals surface area contributed by atoms with Crippen LogP contribution in [0.1, 0.15) is 11.4 Å². The van der Waals surface area contributed by atoms with Crippen LogP contribution in [0.25, 0.3) is 10.9 Å². The molecule has 0 aliphatic carbocycles. The summed E-state index contributed by atoms with van der Waals surface area (Å²) in [5, 5.41) is 3.31. The van der Waals surface area contributed by atoms with Gasteiger partial charge in [-0.3, -0.25) is 4.98 Å². The van der Waals surface area contributed by atoms with Gasteiger partial charge in [0.05, 0.1) is 19.7 Å². The molecular weight excluding hydrogens is 349 g/mol. The highest BCUT2D eigenvalue weighted by molar-refractivity contribution is 5.91. The van der Waals surface area contributed by atoms with Crippen molar-refractivity contribution in [1.82, 2.24) is 15.0 Å². The van der Waals surface area contributed by atoms with Crippen LogP contribution in [0, 0.1) is 0 Å². The molecule has 0 radical (unpaired) electrons.